The van der Waals surface area contributed by atoms with Gasteiger partial charge in [-0.25, -0.2) is 0 Å². The van der Waals surface area contributed by atoms with Gasteiger partial charge in [0, 0.05) is 25.2 Å². The van der Waals surface area contributed by atoms with Crippen LogP contribution in [-0.4, -0.2) is 41.3 Å². The van der Waals surface area contributed by atoms with Gasteiger partial charge in [-0.15, -0.1) is 0 Å². The molecular weight excluding hydrogens is 236 g/mol. The van der Waals surface area contributed by atoms with Crippen LogP contribution < -0.4 is 5.73 Å². The molecule has 1 rings (SSSR count). The molecule has 0 aliphatic carbocycles. The standard InChI is InChI=1S/C16H34N2O/c1-7-9-10-16(8-2,11-17)18-12-14(3,4)19-15(5,6)13-18/h7-13,17H2,1-6H3. The fraction of sp³-hybridized carbons (Fsp3) is 1.00. The monoisotopic (exact) mass is 270 g/mol. The molecule has 0 aromatic rings. The van der Waals surface area contributed by atoms with Gasteiger partial charge in [0.15, 0.2) is 0 Å². The highest BCUT2D eigenvalue weighted by atomic mass is 16.5. The molecule has 0 spiro atoms. The number of nitrogens with zero attached hydrogens (tertiary/aromatic N) is 1. The Morgan fingerprint density at radius 3 is 2.00 bits per heavy atom. The zero-order valence-electron chi connectivity index (χ0n) is 13.9. The molecule has 2 N–H and O–H groups in total. The van der Waals surface area contributed by atoms with E-state index in [2.05, 4.69) is 46.4 Å². The van der Waals surface area contributed by atoms with Gasteiger partial charge in [0.2, 0.25) is 0 Å². The summed E-state index contributed by atoms with van der Waals surface area (Å²) in [6.45, 7) is 16.0. The van der Waals surface area contributed by atoms with Crippen molar-refractivity contribution in [1.82, 2.24) is 4.90 Å². The first kappa shape index (κ1) is 16.9. The second kappa shape index (κ2) is 6.11. The summed E-state index contributed by atoms with van der Waals surface area (Å²) in [5.74, 6) is 0. The SMILES string of the molecule is CCCCC(CC)(CN)N1CC(C)(C)OC(C)(C)C1. The summed E-state index contributed by atoms with van der Waals surface area (Å²) in [7, 11) is 0. The number of unbranched alkanes of at least 4 members (excludes halogenated alkanes) is 1. The third-order valence-electron chi connectivity index (χ3n) is 4.40. The van der Waals surface area contributed by atoms with Gasteiger partial charge < -0.3 is 10.5 Å². The Bertz CT molecular complexity index is 266. The normalized spacial score (nSPS) is 26.1. The quantitative estimate of drug-likeness (QED) is 0.805. The van der Waals surface area contributed by atoms with Crippen LogP contribution in [0.25, 0.3) is 0 Å². The fourth-order valence-corrected chi connectivity index (χ4v) is 3.56. The van der Waals surface area contributed by atoms with Gasteiger partial charge in [-0.3, -0.25) is 4.90 Å². The van der Waals surface area contributed by atoms with Crippen LogP contribution in [0.4, 0.5) is 0 Å². The van der Waals surface area contributed by atoms with Gasteiger partial charge in [-0.05, 0) is 40.5 Å². The van der Waals surface area contributed by atoms with Gasteiger partial charge in [-0.1, -0.05) is 26.7 Å². The van der Waals surface area contributed by atoms with Crippen LogP contribution in [0.5, 0.6) is 0 Å². The van der Waals surface area contributed by atoms with Crippen LogP contribution in [0.1, 0.15) is 67.2 Å². The van der Waals surface area contributed by atoms with E-state index in [1.165, 1.54) is 19.3 Å². The lowest BCUT2D eigenvalue weighted by Gasteiger charge is -2.54. The molecule has 3 nitrogen and oxygen atoms in total. The van der Waals surface area contributed by atoms with Crippen molar-refractivity contribution in [1.29, 1.82) is 0 Å². The molecule has 0 aromatic carbocycles. The largest absolute Gasteiger partial charge is 0.367 e. The van der Waals surface area contributed by atoms with Gasteiger partial charge >= 0.3 is 0 Å². The van der Waals surface area contributed by atoms with E-state index in [-0.39, 0.29) is 16.7 Å². The van der Waals surface area contributed by atoms with Crippen LogP contribution in [0.2, 0.25) is 0 Å². The zero-order chi connectivity index (χ0) is 14.7. The van der Waals surface area contributed by atoms with Gasteiger partial charge in [0.25, 0.3) is 0 Å². The van der Waals surface area contributed by atoms with Crippen molar-refractivity contribution in [3.8, 4) is 0 Å². The minimum Gasteiger partial charge on any atom is -0.367 e. The highest BCUT2D eigenvalue weighted by molar-refractivity contribution is 4.99. The van der Waals surface area contributed by atoms with Crippen molar-refractivity contribution in [2.24, 2.45) is 5.73 Å². The van der Waals surface area contributed by atoms with E-state index < -0.39 is 0 Å². The minimum atomic E-state index is -0.0937. The molecule has 19 heavy (non-hydrogen) atoms. The molecule has 0 bridgehead atoms. The van der Waals surface area contributed by atoms with Gasteiger partial charge in [-0.2, -0.15) is 0 Å². The maximum atomic E-state index is 6.20. The van der Waals surface area contributed by atoms with Crippen LogP contribution in [-0.2, 0) is 4.74 Å². The Labute approximate surface area is 119 Å². The smallest absolute Gasteiger partial charge is 0.0761 e. The summed E-state index contributed by atoms with van der Waals surface area (Å²) in [6.07, 6.45) is 4.81. The van der Waals surface area contributed by atoms with E-state index in [0.717, 1.165) is 26.1 Å². The van der Waals surface area contributed by atoms with Crippen molar-refractivity contribution in [3.63, 3.8) is 0 Å². The van der Waals surface area contributed by atoms with E-state index in [0.29, 0.717) is 0 Å². The molecule has 0 saturated carbocycles. The topological polar surface area (TPSA) is 38.5 Å². The predicted molar refractivity (Wildman–Crippen MR) is 82.4 cm³/mol. The molecule has 0 radical (unpaired) electrons. The summed E-state index contributed by atoms with van der Waals surface area (Å²) in [4.78, 5) is 2.60. The first-order chi connectivity index (χ1) is 8.70. The third-order valence-corrected chi connectivity index (χ3v) is 4.40. The van der Waals surface area contributed by atoms with E-state index in [4.69, 9.17) is 10.5 Å². The maximum Gasteiger partial charge on any atom is 0.0761 e. The number of morpholine rings is 1. The molecule has 1 saturated heterocycles. The molecule has 0 aromatic heterocycles. The molecule has 3 heteroatoms. The Morgan fingerprint density at radius 1 is 1.11 bits per heavy atom. The number of nitrogens with two attached hydrogens (primary N) is 1. The van der Waals surface area contributed by atoms with Crippen LogP contribution in [0.15, 0.2) is 0 Å². The lowest BCUT2D eigenvalue weighted by molar-refractivity contribution is -0.200. The number of hydrogen-bond donors (Lipinski definition) is 1. The molecule has 0 amide bonds. The first-order valence-electron chi connectivity index (χ1n) is 7.85. The average molecular weight is 270 g/mol. The minimum absolute atomic E-state index is 0.0937. The molecule has 1 fully saturated rings. The van der Waals surface area contributed by atoms with E-state index in [1.54, 1.807) is 0 Å². The molecule has 1 unspecified atom stereocenters. The van der Waals surface area contributed by atoms with Crippen LogP contribution in [0, 0.1) is 0 Å². The van der Waals surface area contributed by atoms with Crippen molar-refractivity contribution < 1.29 is 4.74 Å². The van der Waals surface area contributed by atoms with E-state index in [1.807, 2.05) is 0 Å². The Morgan fingerprint density at radius 2 is 1.63 bits per heavy atom. The molecule has 1 aliphatic rings. The first-order valence-corrected chi connectivity index (χ1v) is 7.85. The maximum absolute atomic E-state index is 6.20. The summed E-state index contributed by atoms with van der Waals surface area (Å²) in [6, 6.07) is 0. The third kappa shape index (κ3) is 4.17. The van der Waals surface area contributed by atoms with Gasteiger partial charge in [0.1, 0.15) is 0 Å². The van der Waals surface area contributed by atoms with Crippen LogP contribution >= 0.6 is 0 Å². The lowest BCUT2D eigenvalue weighted by Crippen LogP contribution is -2.66. The van der Waals surface area contributed by atoms with Crippen molar-refractivity contribution in [3.05, 3.63) is 0 Å². The number of rotatable bonds is 6. The summed E-state index contributed by atoms with van der Waals surface area (Å²) in [5, 5.41) is 0. The molecular formula is C16H34N2O. The highest BCUT2D eigenvalue weighted by Crippen LogP contribution is 2.35. The van der Waals surface area contributed by atoms with Gasteiger partial charge in [0.05, 0.1) is 11.2 Å². The molecule has 1 heterocycles. The van der Waals surface area contributed by atoms with Crippen LogP contribution in [0.3, 0.4) is 0 Å². The highest BCUT2D eigenvalue weighted by Gasteiger charge is 2.45. The average Bonchev–Trinajstić information content (AvgIpc) is 2.27. The summed E-state index contributed by atoms with van der Waals surface area (Å²) >= 11 is 0. The number of hydrogen-bond acceptors (Lipinski definition) is 3. The van der Waals surface area contributed by atoms with E-state index >= 15 is 0 Å². The lowest BCUT2D eigenvalue weighted by atomic mass is 9.84. The fourth-order valence-electron chi connectivity index (χ4n) is 3.56. The van der Waals surface area contributed by atoms with E-state index in [9.17, 15) is 0 Å². The summed E-state index contributed by atoms with van der Waals surface area (Å²) in [5.41, 5.74) is 6.14. The number of ether oxygens (including phenoxy) is 1. The molecule has 1 atom stereocenters. The van der Waals surface area contributed by atoms with Crippen molar-refractivity contribution in [2.45, 2.75) is 84.0 Å². The Kier molecular flexibility index (Phi) is 5.44. The molecule has 1 aliphatic heterocycles. The Hall–Kier alpha value is -0.120. The summed E-state index contributed by atoms with van der Waals surface area (Å²) < 4.78 is 6.20. The zero-order valence-corrected chi connectivity index (χ0v) is 13.9. The van der Waals surface area contributed by atoms with Crippen molar-refractivity contribution in [2.75, 3.05) is 19.6 Å². The second-order valence-corrected chi connectivity index (χ2v) is 7.36. The Balaban J connectivity index is 2.94. The second-order valence-electron chi connectivity index (χ2n) is 7.36. The molecule has 114 valence electrons. The van der Waals surface area contributed by atoms with Crippen molar-refractivity contribution >= 4 is 0 Å². The predicted octanol–water partition coefficient (Wildman–Crippen LogP) is 3.17.